The Balaban J connectivity index is 2.42. The maximum atomic E-state index is 3.24. The first kappa shape index (κ1) is 9.01. The Labute approximate surface area is 85.2 Å². The molecule has 0 bridgehead atoms. The Hall–Kier alpha value is -1.56. The van der Waals surface area contributed by atoms with Gasteiger partial charge in [0.1, 0.15) is 0 Å². The summed E-state index contributed by atoms with van der Waals surface area (Å²) in [7, 11) is 0. The van der Waals surface area contributed by atoms with Crippen molar-refractivity contribution in [2.24, 2.45) is 0 Å². The van der Waals surface area contributed by atoms with E-state index in [9.17, 15) is 0 Å². The molecule has 0 aliphatic rings. The van der Waals surface area contributed by atoms with Gasteiger partial charge in [0.15, 0.2) is 0 Å². The zero-order valence-corrected chi connectivity index (χ0v) is 8.33. The lowest BCUT2D eigenvalue weighted by Crippen LogP contribution is -1.82. The van der Waals surface area contributed by atoms with E-state index < -0.39 is 0 Å². The molecular weight excluding hydrogens is 168 g/mol. The molecule has 0 saturated carbocycles. The fraction of sp³-hybridized carbons (Fsp3) is 0.143. The maximum Gasteiger partial charge on any atom is -0.00992 e. The van der Waals surface area contributed by atoms with E-state index in [-0.39, 0.29) is 0 Å². The smallest absolute Gasteiger partial charge is 0.00992 e. The van der Waals surface area contributed by atoms with Gasteiger partial charge in [-0.25, -0.2) is 0 Å². The van der Waals surface area contributed by atoms with Crippen molar-refractivity contribution in [3.63, 3.8) is 0 Å². The van der Waals surface area contributed by atoms with Crippen molar-refractivity contribution in [3.05, 3.63) is 60.2 Å². The van der Waals surface area contributed by atoms with Crippen molar-refractivity contribution in [3.8, 4) is 11.1 Å². The predicted molar refractivity (Wildman–Crippen MR) is 60.1 cm³/mol. The van der Waals surface area contributed by atoms with Crippen LogP contribution in [0.15, 0.2) is 48.5 Å². The zero-order valence-electron chi connectivity index (χ0n) is 8.33. The van der Waals surface area contributed by atoms with Crippen molar-refractivity contribution in [2.45, 2.75) is 13.3 Å². The van der Waals surface area contributed by atoms with Crippen molar-refractivity contribution >= 4 is 0 Å². The van der Waals surface area contributed by atoms with E-state index in [1.54, 1.807) is 0 Å². The maximum absolute atomic E-state index is 3.24. The van der Waals surface area contributed by atoms with E-state index in [4.69, 9.17) is 0 Å². The van der Waals surface area contributed by atoms with E-state index in [1.165, 1.54) is 16.7 Å². The molecule has 1 radical (unpaired) electrons. The first-order valence-corrected chi connectivity index (χ1v) is 4.96. The van der Waals surface area contributed by atoms with Crippen LogP contribution in [-0.2, 0) is 6.42 Å². The van der Waals surface area contributed by atoms with E-state index in [2.05, 4.69) is 43.3 Å². The molecule has 0 nitrogen and oxygen atoms in total. The minimum absolute atomic E-state index is 1.08. The van der Waals surface area contributed by atoms with Crippen LogP contribution >= 0.6 is 0 Å². The normalized spacial score (nSPS) is 10.1. The summed E-state index contributed by atoms with van der Waals surface area (Å²) < 4.78 is 0. The van der Waals surface area contributed by atoms with Crippen LogP contribution in [0.25, 0.3) is 11.1 Å². The molecule has 14 heavy (non-hydrogen) atoms. The molecule has 0 amide bonds. The third-order valence-corrected chi connectivity index (χ3v) is 2.36. The Kier molecular flexibility index (Phi) is 2.64. The summed E-state index contributed by atoms with van der Waals surface area (Å²) in [5.41, 5.74) is 3.80. The van der Waals surface area contributed by atoms with Crippen LogP contribution in [0, 0.1) is 6.07 Å². The van der Waals surface area contributed by atoms with Crippen LogP contribution < -0.4 is 0 Å². The number of hydrogen-bond acceptors (Lipinski definition) is 0. The van der Waals surface area contributed by atoms with Gasteiger partial charge in [0.25, 0.3) is 0 Å². The molecule has 2 rings (SSSR count). The standard InChI is InChI=1S/C14H13/c1-2-12-7-6-10-14(11-12)13-8-4-3-5-9-13/h3-8,10-11H,2H2,1H3. The summed E-state index contributed by atoms with van der Waals surface area (Å²) in [6.07, 6.45) is 1.08. The topological polar surface area (TPSA) is 0 Å². The molecule has 0 unspecified atom stereocenters. The summed E-state index contributed by atoms with van der Waals surface area (Å²) in [6.45, 7) is 2.17. The fourth-order valence-corrected chi connectivity index (χ4v) is 1.53. The third-order valence-electron chi connectivity index (χ3n) is 2.36. The first-order chi connectivity index (χ1) is 6.90. The second-order valence-corrected chi connectivity index (χ2v) is 3.33. The first-order valence-electron chi connectivity index (χ1n) is 4.96. The van der Waals surface area contributed by atoms with Crippen molar-refractivity contribution < 1.29 is 0 Å². The summed E-state index contributed by atoms with van der Waals surface area (Å²) in [5.74, 6) is 0. The van der Waals surface area contributed by atoms with Gasteiger partial charge in [-0.1, -0.05) is 55.5 Å². The lowest BCUT2D eigenvalue weighted by Gasteiger charge is -2.02. The average molecular weight is 181 g/mol. The molecule has 0 heteroatoms. The van der Waals surface area contributed by atoms with E-state index in [0.717, 1.165) is 6.42 Å². The summed E-state index contributed by atoms with van der Waals surface area (Å²) in [5, 5.41) is 0. The molecular formula is C14H13. The third kappa shape index (κ3) is 1.85. The average Bonchev–Trinajstić information content (AvgIpc) is 2.30. The molecule has 0 atom stereocenters. The number of aryl methyl sites for hydroxylation is 1. The predicted octanol–water partition coefficient (Wildman–Crippen LogP) is 3.72. The second kappa shape index (κ2) is 4.10. The molecule has 0 saturated heterocycles. The van der Waals surface area contributed by atoms with Crippen LogP contribution in [0.3, 0.4) is 0 Å². The van der Waals surface area contributed by atoms with Crippen LogP contribution in [0.2, 0.25) is 0 Å². The van der Waals surface area contributed by atoms with E-state index >= 15 is 0 Å². The van der Waals surface area contributed by atoms with Crippen LogP contribution in [0.4, 0.5) is 0 Å². The summed E-state index contributed by atoms with van der Waals surface area (Å²) in [6, 6.07) is 19.9. The largest absolute Gasteiger partial charge is 0.0616 e. The molecule has 0 fully saturated rings. The second-order valence-electron chi connectivity index (χ2n) is 3.33. The Morgan fingerprint density at radius 2 is 2.00 bits per heavy atom. The fourth-order valence-electron chi connectivity index (χ4n) is 1.53. The Bertz CT molecular complexity index is 401. The van der Waals surface area contributed by atoms with Crippen LogP contribution in [0.5, 0.6) is 0 Å². The van der Waals surface area contributed by atoms with Gasteiger partial charge in [-0.05, 0) is 29.2 Å². The van der Waals surface area contributed by atoms with E-state index in [1.807, 2.05) is 18.2 Å². The highest BCUT2D eigenvalue weighted by molar-refractivity contribution is 5.63. The number of rotatable bonds is 2. The van der Waals surface area contributed by atoms with Gasteiger partial charge in [-0.2, -0.15) is 0 Å². The lowest BCUT2D eigenvalue weighted by atomic mass is 10.0. The minimum Gasteiger partial charge on any atom is -0.0616 e. The quantitative estimate of drug-likeness (QED) is 0.662. The molecule has 2 aromatic carbocycles. The molecule has 0 heterocycles. The van der Waals surface area contributed by atoms with Gasteiger partial charge in [0.05, 0.1) is 0 Å². The van der Waals surface area contributed by atoms with Gasteiger partial charge in [-0.3, -0.25) is 0 Å². The van der Waals surface area contributed by atoms with Crippen LogP contribution in [-0.4, -0.2) is 0 Å². The molecule has 0 spiro atoms. The van der Waals surface area contributed by atoms with E-state index in [0.29, 0.717) is 0 Å². The lowest BCUT2D eigenvalue weighted by molar-refractivity contribution is 1.14. The number of benzene rings is 2. The molecule has 2 aromatic rings. The van der Waals surface area contributed by atoms with Gasteiger partial charge in [0.2, 0.25) is 0 Å². The SMILES string of the molecule is CCc1cccc(-c2[c]cccc2)c1. The molecule has 69 valence electrons. The summed E-state index contributed by atoms with van der Waals surface area (Å²) >= 11 is 0. The number of hydrogen-bond donors (Lipinski definition) is 0. The highest BCUT2D eigenvalue weighted by atomic mass is 14.0. The zero-order chi connectivity index (χ0) is 9.80. The molecule has 0 aliphatic carbocycles. The monoisotopic (exact) mass is 181 g/mol. The Morgan fingerprint density at radius 3 is 2.71 bits per heavy atom. The van der Waals surface area contributed by atoms with Crippen molar-refractivity contribution in [1.29, 1.82) is 0 Å². The van der Waals surface area contributed by atoms with Crippen LogP contribution in [0.1, 0.15) is 12.5 Å². The molecule has 0 aliphatic heterocycles. The molecule has 0 aromatic heterocycles. The Morgan fingerprint density at radius 1 is 1.07 bits per heavy atom. The molecule has 0 N–H and O–H groups in total. The van der Waals surface area contributed by atoms with Gasteiger partial charge < -0.3 is 0 Å². The van der Waals surface area contributed by atoms with Gasteiger partial charge >= 0.3 is 0 Å². The highest BCUT2D eigenvalue weighted by Crippen LogP contribution is 2.19. The van der Waals surface area contributed by atoms with Crippen molar-refractivity contribution in [1.82, 2.24) is 0 Å². The van der Waals surface area contributed by atoms with Gasteiger partial charge in [0, 0.05) is 0 Å². The van der Waals surface area contributed by atoms with Crippen molar-refractivity contribution in [2.75, 3.05) is 0 Å². The minimum atomic E-state index is 1.08. The highest BCUT2D eigenvalue weighted by Gasteiger charge is 1.96. The van der Waals surface area contributed by atoms with Gasteiger partial charge in [-0.15, -0.1) is 0 Å². The summed E-state index contributed by atoms with van der Waals surface area (Å²) in [4.78, 5) is 0.